The Morgan fingerprint density at radius 2 is 1.88 bits per heavy atom. The predicted molar refractivity (Wildman–Crippen MR) is 108 cm³/mol. The molecule has 0 aromatic rings. The van der Waals surface area contributed by atoms with Crippen molar-refractivity contribution in [3.8, 4) is 0 Å². The summed E-state index contributed by atoms with van der Waals surface area (Å²) in [7, 11) is 0. The van der Waals surface area contributed by atoms with Crippen molar-refractivity contribution < 1.29 is 9.28 Å². The quantitative estimate of drug-likeness (QED) is 0.289. The molecule has 3 atom stereocenters. The van der Waals surface area contributed by atoms with E-state index in [1.807, 2.05) is 6.21 Å². The van der Waals surface area contributed by atoms with Gasteiger partial charge in [0.1, 0.15) is 6.54 Å². The van der Waals surface area contributed by atoms with Crippen LogP contribution in [-0.4, -0.2) is 42.0 Å². The van der Waals surface area contributed by atoms with Crippen LogP contribution in [-0.2, 0) is 4.79 Å². The van der Waals surface area contributed by atoms with Gasteiger partial charge in [-0.3, -0.25) is 9.28 Å². The molecule has 4 heteroatoms. The van der Waals surface area contributed by atoms with Gasteiger partial charge in [-0.05, 0) is 26.2 Å². The zero-order valence-electron chi connectivity index (χ0n) is 17.0. The number of allylic oxidation sites excluding steroid dienone is 2. The molecular weight excluding hydrogens is 310 g/mol. The van der Waals surface area contributed by atoms with Gasteiger partial charge in [-0.15, -0.1) is 0 Å². The number of carbonyl (C=O) groups is 1. The molecule has 3 unspecified atom stereocenters. The highest BCUT2D eigenvalue weighted by atomic mass is 16.1. The Bertz CT molecular complexity index is 433. The second kappa shape index (κ2) is 12.2. The lowest BCUT2D eigenvalue weighted by Gasteiger charge is -2.42. The Balaban J connectivity index is 2.31. The lowest BCUT2D eigenvalue weighted by atomic mass is 10.1. The number of quaternary nitrogens is 1. The Morgan fingerprint density at radius 1 is 1.20 bits per heavy atom. The highest BCUT2D eigenvalue weighted by molar-refractivity contribution is 5.73. The molecule has 0 fully saturated rings. The molecule has 4 nitrogen and oxygen atoms in total. The van der Waals surface area contributed by atoms with Crippen molar-refractivity contribution in [1.29, 1.82) is 0 Å². The summed E-state index contributed by atoms with van der Waals surface area (Å²) in [6, 6.07) is 0. The molecule has 1 aliphatic heterocycles. The van der Waals surface area contributed by atoms with Crippen molar-refractivity contribution in [3.05, 3.63) is 12.2 Å². The summed E-state index contributed by atoms with van der Waals surface area (Å²) in [6.45, 7) is 10.1. The molecule has 0 bridgehead atoms. The van der Waals surface area contributed by atoms with Crippen LogP contribution in [0.15, 0.2) is 17.1 Å². The number of nitrogens with one attached hydrogen (secondary N) is 1. The van der Waals surface area contributed by atoms with Gasteiger partial charge >= 0.3 is 0 Å². The van der Waals surface area contributed by atoms with Gasteiger partial charge in [-0.1, -0.05) is 51.2 Å². The van der Waals surface area contributed by atoms with Crippen molar-refractivity contribution in [2.45, 2.75) is 97.8 Å². The van der Waals surface area contributed by atoms with E-state index in [1.165, 1.54) is 44.9 Å². The molecule has 0 spiro atoms. The van der Waals surface area contributed by atoms with Crippen LogP contribution in [0.1, 0.15) is 85.5 Å². The average molecular weight is 351 g/mol. The van der Waals surface area contributed by atoms with E-state index in [0.717, 1.165) is 30.4 Å². The lowest BCUT2D eigenvalue weighted by molar-refractivity contribution is -0.959. The molecule has 1 amide bonds. The molecule has 1 aliphatic rings. The van der Waals surface area contributed by atoms with Gasteiger partial charge in [0.25, 0.3) is 0 Å². The zero-order chi connectivity index (χ0) is 18.5. The third-order valence-corrected chi connectivity index (χ3v) is 5.55. The molecule has 1 rings (SSSR count). The van der Waals surface area contributed by atoms with E-state index in [0.29, 0.717) is 0 Å². The van der Waals surface area contributed by atoms with Crippen LogP contribution in [0, 0.1) is 0 Å². The minimum Gasteiger partial charge on any atom is -0.307 e. The van der Waals surface area contributed by atoms with E-state index in [9.17, 15) is 4.79 Å². The largest absolute Gasteiger partial charge is 0.307 e. The first kappa shape index (κ1) is 21.9. The number of hydrogen-bond acceptors (Lipinski definition) is 2. The highest BCUT2D eigenvalue weighted by Crippen LogP contribution is 2.26. The summed E-state index contributed by atoms with van der Waals surface area (Å²) in [5.74, 6) is 0.0444. The van der Waals surface area contributed by atoms with Crippen molar-refractivity contribution in [1.82, 2.24) is 5.32 Å². The zero-order valence-corrected chi connectivity index (χ0v) is 17.0. The lowest BCUT2D eigenvalue weighted by Crippen LogP contribution is -2.63. The molecule has 0 saturated carbocycles. The average Bonchev–Trinajstić information content (AvgIpc) is 3.00. The standard InChI is InChI=1S/C21H39N3O/c1-5-7-8-9-10-11-12-13-14-15-16-21-22-17-18-24(21,6-2)19(3)23-20(4)25/h13-14,17,19,21H,5-12,15-16,18H2,1-4H3/p+1/b14-13+. The molecule has 0 aromatic heterocycles. The number of amides is 1. The SMILES string of the molecule is CCCCCCCC/C=C/CCC1N=CC[N+]1(CC)C(C)NC(C)=O. The molecule has 0 aromatic carbocycles. The molecule has 1 N–H and O–H groups in total. The van der Waals surface area contributed by atoms with Gasteiger partial charge in [0.15, 0.2) is 12.3 Å². The predicted octanol–water partition coefficient (Wildman–Crippen LogP) is 4.80. The normalized spacial score (nSPS) is 24.1. The van der Waals surface area contributed by atoms with Gasteiger partial charge < -0.3 is 5.32 Å². The third-order valence-electron chi connectivity index (χ3n) is 5.55. The molecular formula is C21H40N3O+. The summed E-state index contributed by atoms with van der Waals surface area (Å²) < 4.78 is 0.852. The maximum atomic E-state index is 11.4. The monoisotopic (exact) mass is 350 g/mol. The number of hydrogen-bond donors (Lipinski definition) is 1. The van der Waals surface area contributed by atoms with E-state index >= 15 is 0 Å². The van der Waals surface area contributed by atoms with E-state index in [2.05, 4.69) is 38.2 Å². The second-order valence-electron chi connectivity index (χ2n) is 7.40. The van der Waals surface area contributed by atoms with Gasteiger partial charge in [0.2, 0.25) is 5.91 Å². The molecule has 1 heterocycles. The van der Waals surface area contributed by atoms with E-state index in [-0.39, 0.29) is 18.2 Å². The Hall–Kier alpha value is -1.16. The highest BCUT2D eigenvalue weighted by Gasteiger charge is 2.42. The third kappa shape index (κ3) is 7.31. The fourth-order valence-electron chi connectivity index (χ4n) is 3.88. The van der Waals surface area contributed by atoms with Crippen molar-refractivity contribution in [3.63, 3.8) is 0 Å². The first-order chi connectivity index (χ1) is 12.1. The summed E-state index contributed by atoms with van der Waals surface area (Å²) in [6.07, 6.45) is 18.6. The Kier molecular flexibility index (Phi) is 10.7. The fraction of sp³-hybridized carbons (Fsp3) is 0.810. The molecule has 144 valence electrons. The molecule has 25 heavy (non-hydrogen) atoms. The molecule has 0 saturated heterocycles. The maximum absolute atomic E-state index is 11.4. The minimum atomic E-state index is 0.0444. The summed E-state index contributed by atoms with van der Waals surface area (Å²) in [5, 5.41) is 3.08. The topological polar surface area (TPSA) is 41.5 Å². The Labute approximate surface area is 155 Å². The van der Waals surface area contributed by atoms with E-state index < -0.39 is 0 Å². The van der Waals surface area contributed by atoms with Crippen LogP contribution in [0.2, 0.25) is 0 Å². The number of carbonyl (C=O) groups excluding carboxylic acids is 1. The summed E-state index contributed by atoms with van der Waals surface area (Å²) >= 11 is 0. The molecule has 0 radical (unpaired) electrons. The second-order valence-corrected chi connectivity index (χ2v) is 7.40. The first-order valence-electron chi connectivity index (χ1n) is 10.4. The van der Waals surface area contributed by atoms with Crippen LogP contribution in [0.25, 0.3) is 0 Å². The minimum absolute atomic E-state index is 0.0444. The van der Waals surface area contributed by atoms with Crippen molar-refractivity contribution >= 4 is 12.1 Å². The molecule has 0 aliphatic carbocycles. The van der Waals surface area contributed by atoms with Crippen molar-refractivity contribution in [2.75, 3.05) is 13.1 Å². The van der Waals surface area contributed by atoms with E-state index in [4.69, 9.17) is 4.99 Å². The fourth-order valence-corrected chi connectivity index (χ4v) is 3.88. The van der Waals surface area contributed by atoms with E-state index in [1.54, 1.807) is 6.92 Å². The maximum Gasteiger partial charge on any atom is 0.221 e. The van der Waals surface area contributed by atoms with Crippen LogP contribution in [0.4, 0.5) is 0 Å². The van der Waals surface area contributed by atoms with Gasteiger partial charge in [0.05, 0.1) is 12.8 Å². The first-order valence-corrected chi connectivity index (χ1v) is 10.4. The van der Waals surface area contributed by atoms with Gasteiger partial charge in [-0.2, -0.15) is 0 Å². The van der Waals surface area contributed by atoms with Crippen LogP contribution < -0.4 is 5.32 Å². The van der Waals surface area contributed by atoms with Crippen LogP contribution in [0.3, 0.4) is 0 Å². The number of nitrogens with zero attached hydrogens (tertiary/aromatic N) is 2. The summed E-state index contributed by atoms with van der Waals surface area (Å²) in [5.41, 5.74) is 0. The smallest absolute Gasteiger partial charge is 0.221 e. The Morgan fingerprint density at radius 3 is 2.56 bits per heavy atom. The summed E-state index contributed by atoms with van der Waals surface area (Å²) in [4.78, 5) is 16.2. The van der Waals surface area contributed by atoms with Gasteiger partial charge in [0, 0.05) is 20.3 Å². The number of aliphatic imine (C=N–C) groups is 1. The van der Waals surface area contributed by atoms with Crippen LogP contribution in [0.5, 0.6) is 0 Å². The van der Waals surface area contributed by atoms with Crippen LogP contribution >= 0.6 is 0 Å². The number of unbranched alkanes of at least 4 members (excludes halogenated alkanes) is 6. The number of rotatable bonds is 13. The van der Waals surface area contributed by atoms with Gasteiger partial charge in [-0.25, -0.2) is 4.99 Å². The van der Waals surface area contributed by atoms with Crippen molar-refractivity contribution in [2.24, 2.45) is 4.99 Å².